The van der Waals surface area contributed by atoms with Gasteiger partial charge in [0.05, 0.1) is 5.92 Å². The molecule has 2 aliphatic rings. The number of hydrogen-bond acceptors (Lipinski definition) is 5. The van der Waals surface area contributed by atoms with Gasteiger partial charge in [-0.3, -0.25) is 4.79 Å². The minimum atomic E-state index is -0.651. The Kier molecular flexibility index (Phi) is 5.28. The predicted octanol–water partition coefficient (Wildman–Crippen LogP) is 4.86. The van der Waals surface area contributed by atoms with Crippen molar-refractivity contribution in [3.05, 3.63) is 88.3 Å². The number of hydrogen-bond donors (Lipinski definition) is 1. The maximum Gasteiger partial charge on any atom is 0.205 e. The van der Waals surface area contributed by atoms with Crippen LogP contribution >= 0.6 is 0 Å². The van der Waals surface area contributed by atoms with Gasteiger partial charge in [0.15, 0.2) is 5.78 Å². The van der Waals surface area contributed by atoms with E-state index < -0.39 is 5.92 Å². The zero-order valence-electron chi connectivity index (χ0n) is 17.4. The number of ether oxygens (including phenoxy) is 2. The number of nitrogens with zero attached hydrogens (tertiary/aromatic N) is 1. The number of carbonyl (C=O) groups excluding carboxylic acids is 1. The van der Waals surface area contributed by atoms with Gasteiger partial charge >= 0.3 is 0 Å². The largest absolute Gasteiger partial charge is 0.489 e. The fourth-order valence-corrected chi connectivity index (χ4v) is 4.19. The van der Waals surface area contributed by atoms with Gasteiger partial charge in [0.2, 0.25) is 5.88 Å². The van der Waals surface area contributed by atoms with Crippen molar-refractivity contribution in [2.75, 3.05) is 0 Å². The molecule has 0 fully saturated rings. The van der Waals surface area contributed by atoms with Gasteiger partial charge < -0.3 is 15.2 Å². The molecule has 2 aromatic rings. The van der Waals surface area contributed by atoms with Gasteiger partial charge in [0.1, 0.15) is 35.6 Å². The molecule has 2 aromatic carbocycles. The van der Waals surface area contributed by atoms with E-state index in [1.165, 1.54) is 12.1 Å². The van der Waals surface area contributed by atoms with E-state index in [-0.39, 0.29) is 35.1 Å². The Morgan fingerprint density at radius 3 is 2.61 bits per heavy atom. The summed E-state index contributed by atoms with van der Waals surface area (Å²) in [6.07, 6.45) is 0.922. The summed E-state index contributed by atoms with van der Waals surface area (Å²) >= 11 is 0. The van der Waals surface area contributed by atoms with Crippen molar-refractivity contribution >= 4 is 5.78 Å². The molecular weight excluding hydrogens is 395 g/mol. The quantitative estimate of drug-likeness (QED) is 0.767. The minimum absolute atomic E-state index is 0.0186. The molecule has 1 heterocycles. The van der Waals surface area contributed by atoms with Crippen LogP contribution in [0.25, 0.3) is 0 Å². The molecule has 5 nitrogen and oxygen atoms in total. The molecule has 0 bridgehead atoms. The summed E-state index contributed by atoms with van der Waals surface area (Å²) in [5, 5.41) is 9.82. The first-order valence-corrected chi connectivity index (χ1v) is 10.1. The van der Waals surface area contributed by atoms with Gasteiger partial charge in [-0.2, -0.15) is 5.26 Å². The maximum atomic E-state index is 13.2. The zero-order chi connectivity index (χ0) is 22.2. The van der Waals surface area contributed by atoms with Crippen molar-refractivity contribution in [3.8, 4) is 11.8 Å². The molecule has 0 amide bonds. The Hall–Kier alpha value is -3.59. The van der Waals surface area contributed by atoms with Crippen molar-refractivity contribution in [3.63, 3.8) is 0 Å². The van der Waals surface area contributed by atoms with Crippen molar-refractivity contribution in [1.82, 2.24) is 0 Å². The SMILES string of the molecule is CC1(C)CC(=O)C2=C(C1)OC(N)=C(C#N)C2c1ccccc1OCc1ccc(F)cc1. The first kappa shape index (κ1) is 20.7. The Bertz CT molecular complexity index is 1140. The van der Waals surface area contributed by atoms with Crippen LogP contribution in [0.1, 0.15) is 43.7 Å². The standard InChI is InChI=1S/C25H23FN2O3/c1-25(2)11-19(29)23-21(12-25)31-24(28)18(13-27)22(23)17-5-3-4-6-20(17)30-14-15-7-9-16(26)10-8-15/h3-10,22H,11-12,14,28H2,1-2H3. The highest BCUT2D eigenvalue weighted by molar-refractivity contribution is 6.00. The lowest BCUT2D eigenvalue weighted by Crippen LogP contribution is -2.33. The van der Waals surface area contributed by atoms with Crippen LogP contribution in [0.4, 0.5) is 4.39 Å². The van der Waals surface area contributed by atoms with Crippen molar-refractivity contribution < 1.29 is 18.7 Å². The second-order valence-electron chi connectivity index (χ2n) is 8.66. The predicted molar refractivity (Wildman–Crippen MR) is 113 cm³/mol. The summed E-state index contributed by atoms with van der Waals surface area (Å²) < 4.78 is 25.0. The average molecular weight is 418 g/mol. The molecule has 0 saturated carbocycles. The normalized spacial score (nSPS) is 20.1. The molecule has 31 heavy (non-hydrogen) atoms. The number of allylic oxidation sites excluding steroid dienone is 3. The molecule has 0 radical (unpaired) electrons. The minimum Gasteiger partial charge on any atom is -0.489 e. The number of nitriles is 1. The second kappa shape index (κ2) is 7.92. The van der Waals surface area contributed by atoms with E-state index >= 15 is 0 Å². The molecule has 0 saturated heterocycles. The third kappa shape index (κ3) is 4.04. The van der Waals surface area contributed by atoms with Crippen LogP contribution in [0.2, 0.25) is 0 Å². The number of rotatable bonds is 4. The zero-order valence-corrected chi connectivity index (χ0v) is 17.4. The van der Waals surface area contributed by atoms with Crippen LogP contribution < -0.4 is 10.5 Å². The molecule has 0 spiro atoms. The smallest absolute Gasteiger partial charge is 0.205 e. The van der Waals surface area contributed by atoms with Crippen molar-refractivity contribution in [2.45, 2.75) is 39.2 Å². The molecule has 6 heteroatoms. The molecule has 1 unspecified atom stereocenters. The first-order valence-electron chi connectivity index (χ1n) is 10.1. The average Bonchev–Trinajstić information content (AvgIpc) is 2.71. The van der Waals surface area contributed by atoms with Crippen LogP contribution in [-0.4, -0.2) is 5.78 Å². The monoisotopic (exact) mass is 418 g/mol. The highest BCUT2D eigenvalue weighted by Crippen LogP contribution is 2.49. The lowest BCUT2D eigenvalue weighted by atomic mass is 9.70. The number of Topliss-reactive ketones (excluding diaryl/α,β-unsaturated/α-hetero) is 1. The van der Waals surface area contributed by atoms with Crippen molar-refractivity contribution in [2.24, 2.45) is 11.1 Å². The lowest BCUT2D eigenvalue weighted by molar-refractivity contribution is -0.119. The summed E-state index contributed by atoms with van der Waals surface area (Å²) in [7, 11) is 0. The van der Waals surface area contributed by atoms with Crippen LogP contribution in [0, 0.1) is 22.6 Å². The Balaban J connectivity index is 1.75. The van der Waals surface area contributed by atoms with E-state index in [9.17, 15) is 14.4 Å². The third-order valence-electron chi connectivity index (χ3n) is 5.61. The summed E-state index contributed by atoms with van der Waals surface area (Å²) in [5.41, 5.74) is 8.00. The molecule has 1 atom stereocenters. The highest BCUT2D eigenvalue weighted by Gasteiger charge is 2.43. The fourth-order valence-electron chi connectivity index (χ4n) is 4.19. The molecule has 4 rings (SSSR count). The van der Waals surface area contributed by atoms with Gasteiger partial charge in [-0.1, -0.05) is 44.2 Å². The first-order chi connectivity index (χ1) is 14.8. The molecule has 1 aliphatic heterocycles. The number of benzene rings is 2. The van der Waals surface area contributed by atoms with Crippen LogP contribution in [0.3, 0.4) is 0 Å². The van der Waals surface area contributed by atoms with Gasteiger partial charge in [-0.15, -0.1) is 0 Å². The van der Waals surface area contributed by atoms with Gasteiger partial charge in [-0.25, -0.2) is 4.39 Å². The Labute approximate surface area is 180 Å². The van der Waals surface area contributed by atoms with E-state index in [1.807, 2.05) is 32.0 Å². The molecule has 158 valence electrons. The van der Waals surface area contributed by atoms with E-state index in [4.69, 9.17) is 15.2 Å². The lowest BCUT2D eigenvalue weighted by Gasteiger charge is -2.37. The maximum absolute atomic E-state index is 13.2. The Morgan fingerprint density at radius 1 is 1.19 bits per heavy atom. The molecule has 0 aromatic heterocycles. The van der Waals surface area contributed by atoms with E-state index in [2.05, 4.69) is 6.07 Å². The molecule has 1 aliphatic carbocycles. The van der Waals surface area contributed by atoms with Crippen molar-refractivity contribution in [1.29, 1.82) is 5.26 Å². The van der Waals surface area contributed by atoms with Crippen LogP contribution in [0.5, 0.6) is 5.75 Å². The summed E-state index contributed by atoms with van der Waals surface area (Å²) in [6.45, 7) is 4.23. The number of carbonyl (C=O) groups is 1. The van der Waals surface area contributed by atoms with Gasteiger partial charge in [0, 0.05) is 24.0 Å². The topological polar surface area (TPSA) is 85.3 Å². The molecular formula is C25H23FN2O3. The Morgan fingerprint density at radius 2 is 1.90 bits per heavy atom. The second-order valence-corrected chi connectivity index (χ2v) is 8.66. The third-order valence-corrected chi connectivity index (χ3v) is 5.61. The number of ketones is 1. The van der Waals surface area contributed by atoms with E-state index in [1.54, 1.807) is 18.2 Å². The van der Waals surface area contributed by atoms with Crippen LogP contribution in [-0.2, 0) is 16.1 Å². The van der Waals surface area contributed by atoms with Crippen LogP contribution in [0.15, 0.2) is 71.3 Å². The van der Waals surface area contributed by atoms with Gasteiger partial charge in [-0.05, 0) is 29.2 Å². The summed E-state index contributed by atoms with van der Waals surface area (Å²) in [6, 6.07) is 15.5. The fraction of sp³-hybridized carbons (Fsp3) is 0.280. The summed E-state index contributed by atoms with van der Waals surface area (Å²) in [4.78, 5) is 13.1. The van der Waals surface area contributed by atoms with E-state index in [0.717, 1.165) is 5.56 Å². The van der Waals surface area contributed by atoms with E-state index in [0.29, 0.717) is 35.5 Å². The van der Waals surface area contributed by atoms with Gasteiger partial charge in [0.25, 0.3) is 0 Å². The number of para-hydroxylation sites is 1. The number of halogens is 1. The number of nitrogens with two attached hydrogens (primary N) is 1. The highest BCUT2D eigenvalue weighted by atomic mass is 19.1. The summed E-state index contributed by atoms with van der Waals surface area (Å²) in [5.74, 6) is 0.0559. The molecule has 2 N–H and O–H groups in total.